The highest BCUT2D eigenvalue weighted by molar-refractivity contribution is 6.36. The molecule has 0 amide bonds. The normalized spacial score (nSPS) is 10.9. The molecule has 120 valence electrons. The summed E-state index contributed by atoms with van der Waals surface area (Å²) in [5, 5.41) is 15.8. The maximum atomic E-state index is 6.20. The van der Waals surface area contributed by atoms with Gasteiger partial charge in [0, 0.05) is 17.1 Å². The minimum atomic E-state index is 0.481. The first-order valence-electron chi connectivity index (χ1n) is 7.21. The quantitative estimate of drug-likeness (QED) is 0.718. The largest absolute Gasteiger partial charge is 0.459 e. The lowest BCUT2D eigenvalue weighted by molar-refractivity contribution is 0.528. The van der Waals surface area contributed by atoms with Gasteiger partial charge in [-0.2, -0.15) is 0 Å². The summed E-state index contributed by atoms with van der Waals surface area (Å²) in [7, 11) is 0. The monoisotopic (exact) mass is 351 g/mol. The number of nitrogens with zero attached hydrogens (tertiary/aromatic N) is 4. The number of nitrogens with one attached hydrogen (secondary N) is 1. The molecule has 23 heavy (non-hydrogen) atoms. The Morgan fingerprint density at radius 3 is 2.87 bits per heavy atom. The van der Waals surface area contributed by atoms with Gasteiger partial charge in [-0.25, -0.2) is 4.68 Å². The highest BCUT2D eigenvalue weighted by Crippen LogP contribution is 2.31. The van der Waals surface area contributed by atoms with E-state index in [2.05, 4.69) is 27.8 Å². The molecule has 0 spiro atoms. The van der Waals surface area contributed by atoms with Gasteiger partial charge in [-0.1, -0.05) is 35.2 Å². The topological polar surface area (TPSA) is 68.8 Å². The predicted molar refractivity (Wildman–Crippen MR) is 89.6 cm³/mol. The van der Waals surface area contributed by atoms with Gasteiger partial charge >= 0.3 is 0 Å². The van der Waals surface area contributed by atoms with Crippen molar-refractivity contribution in [1.82, 2.24) is 20.2 Å². The fraction of sp³-hybridized carbons (Fsp3) is 0.267. The van der Waals surface area contributed by atoms with Gasteiger partial charge in [-0.05, 0) is 47.2 Å². The second kappa shape index (κ2) is 7.02. The zero-order chi connectivity index (χ0) is 16.2. The zero-order valence-electron chi connectivity index (χ0n) is 12.5. The predicted octanol–water partition coefficient (Wildman–Crippen LogP) is 4.26. The Kier molecular flexibility index (Phi) is 4.83. The molecule has 3 rings (SSSR count). The number of aryl methyl sites for hydroxylation is 1. The molecule has 1 N–H and O–H groups in total. The maximum absolute atomic E-state index is 6.20. The Labute approximate surface area is 143 Å². The molecule has 0 saturated heterocycles. The lowest BCUT2D eigenvalue weighted by atomic mass is 10.2. The molecule has 0 radical (unpaired) electrons. The number of hydrogen-bond donors (Lipinski definition) is 1. The SMILES string of the molecule is CCCn1nnnc1NCc1ccc(-c2ccc(Cl)cc2Cl)o1. The van der Waals surface area contributed by atoms with E-state index >= 15 is 0 Å². The Bertz CT molecular complexity index is 799. The third-order valence-electron chi connectivity index (χ3n) is 3.25. The Balaban J connectivity index is 1.71. The summed E-state index contributed by atoms with van der Waals surface area (Å²) in [6, 6.07) is 9.07. The molecule has 1 aromatic carbocycles. The molecule has 0 atom stereocenters. The zero-order valence-corrected chi connectivity index (χ0v) is 14.0. The van der Waals surface area contributed by atoms with Gasteiger partial charge in [-0.3, -0.25) is 0 Å². The van der Waals surface area contributed by atoms with Crippen molar-refractivity contribution in [2.45, 2.75) is 26.4 Å². The molecule has 0 bridgehead atoms. The van der Waals surface area contributed by atoms with Crippen LogP contribution in [0.5, 0.6) is 0 Å². The van der Waals surface area contributed by atoms with Crippen molar-refractivity contribution in [3.63, 3.8) is 0 Å². The second-order valence-corrected chi connectivity index (χ2v) is 5.81. The van der Waals surface area contributed by atoms with Crippen LogP contribution in [0, 0.1) is 0 Å². The number of anilines is 1. The maximum Gasteiger partial charge on any atom is 0.243 e. The number of aromatic nitrogens is 4. The molecule has 0 aliphatic rings. The van der Waals surface area contributed by atoms with E-state index in [1.54, 1.807) is 16.8 Å². The van der Waals surface area contributed by atoms with Gasteiger partial charge in [0.1, 0.15) is 11.5 Å². The van der Waals surface area contributed by atoms with Gasteiger partial charge in [0.15, 0.2) is 0 Å². The second-order valence-electron chi connectivity index (χ2n) is 4.97. The first kappa shape index (κ1) is 15.8. The Morgan fingerprint density at radius 2 is 2.09 bits per heavy atom. The third kappa shape index (κ3) is 3.65. The molecule has 0 unspecified atom stereocenters. The number of rotatable bonds is 6. The number of tetrazole rings is 1. The van der Waals surface area contributed by atoms with Crippen molar-refractivity contribution in [2.24, 2.45) is 0 Å². The fourth-order valence-electron chi connectivity index (χ4n) is 2.17. The summed E-state index contributed by atoms with van der Waals surface area (Å²) >= 11 is 12.1. The molecular weight excluding hydrogens is 337 g/mol. The molecule has 0 fully saturated rings. The van der Waals surface area contributed by atoms with Gasteiger partial charge in [0.25, 0.3) is 0 Å². The molecule has 6 nitrogen and oxygen atoms in total. The number of hydrogen-bond acceptors (Lipinski definition) is 5. The van der Waals surface area contributed by atoms with Crippen molar-refractivity contribution in [1.29, 1.82) is 0 Å². The summed E-state index contributed by atoms with van der Waals surface area (Å²) < 4.78 is 7.54. The van der Waals surface area contributed by atoms with E-state index in [0.717, 1.165) is 24.3 Å². The molecule has 8 heteroatoms. The average Bonchev–Trinajstić information content (AvgIpc) is 3.15. The van der Waals surface area contributed by atoms with E-state index in [-0.39, 0.29) is 0 Å². The van der Waals surface area contributed by atoms with Crippen LogP contribution in [-0.4, -0.2) is 20.2 Å². The van der Waals surface area contributed by atoms with Crippen LogP contribution < -0.4 is 5.32 Å². The Morgan fingerprint density at radius 1 is 1.22 bits per heavy atom. The van der Waals surface area contributed by atoms with Crippen LogP contribution in [0.2, 0.25) is 10.0 Å². The van der Waals surface area contributed by atoms with Gasteiger partial charge < -0.3 is 9.73 Å². The summed E-state index contributed by atoms with van der Waals surface area (Å²) in [4.78, 5) is 0. The van der Waals surface area contributed by atoms with Crippen LogP contribution in [0.1, 0.15) is 19.1 Å². The average molecular weight is 352 g/mol. The van der Waals surface area contributed by atoms with E-state index in [1.807, 2.05) is 18.2 Å². The van der Waals surface area contributed by atoms with E-state index in [4.69, 9.17) is 27.6 Å². The molecule has 2 aromatic heterocycles. The highest BCUT2D eigenvalue weighted by atomic mass is 35.5. The third-order valence-corrected chi connectivity index (χ3v) is 3.79. The van der Waals surface area contributed by atoms with Crippen molar-refractivity contribution in [3.8, 4) is 11.3 Å². The number of furan rings is 1. The molecule has 0 aliphatic carbocycles. The van der Waals surface area contributed by atoms with Crippen LogP contribution in [0.3, 0.4) is 0 Å². The van der Waals surface area contributed by atoms with Gasteiger partial charge in [-0.15, -0.1) is 0 Å². The Hall–Kier alpha value is -2.05. The molecule has 3 aromatic rings. The van der Waals surface area contributed by atoms with Crippen molar-refractivity contribution in [2.75, 3.05) is 5.32 Å². The van der Waals surface area contributed by atoms with Crippen molar-refractivity contribution < 1.29 is 4.42 Å². The lowest BCUT2D eigenvalue weighted by Gasteiger charge is -2.04. The first-order valence-corrected chi connectivity index (χ1v) is 7.97. The van der Waals surface area contributed by atoms with Crippen molar-refractivity contribution in [3.05, 3.63) is 46.1 Å². The van der Waals surface area contributed by atoms with Crippen LogP contribution in [-0.2, 0) is 13.1 Å². The summed E-state index contributed by atoms with van der Waals surface area (Å²) in [6.45, 7) is 3.31. The standard InChI is InChI=1S/C15H15Cl2N5O/c1-2-7-22-15(19-20-21-22)18-9-11-4-6-14(23-11)12-5-3-10(16)8-13(12)17/h3-6,8H,2,7,9H2,1H3,(H,18,19,21). The molecule has 0 aliphatic heterocycles. The number of halogens is 2. The van der Waals surface area contributed by atoms with E-state index in [1.165, 1.54) is 0 Å². The smallest absolute Gasteiger partial charge is 0.243 e. The van der Waals surface area contributed by atoms with E-state index < -0.39 is 0 Å². The molecule has 0 saturated carbocycles. The highest BCUT2D eigenvalue weighted by Gasteiger charge is 2.10. The first-order chi connectivity index (χ1) is 11.2. The van der Waals surface area contributed by atoms with Gasteiger partial charge in [0.2, 0.25) is 5.95 Å². The summed E-state index contributed by atoms with van der Waals surface area (Å²) in [5.41, 5.74) is 0.804. The minimum Gasteiger partial charge on any atom is -0.459 e. The van der Waals surface area contributed by atoms with Crippen molar-refractivity contribution >= 4 is 29.2 Å². The van der Waals surface area contributed by atoms with E-state index in [9.17, 15) is 0 Å². The van der Waals surface area contributed by atoms with Crippen LogP contribution in [0.4, 0.5) is 5.95 Å². The fourth-order valence-corrected chi connectivity index (χ4v) is 2.67. The summed E-state index contributed by atoms with van der Waals surface area (Å²) in [6.07, 6.45) is 0.958. The van der Waals surface area contributed by atoms with Crippen LogP contribution in [0.25, 0.3) is 11.3 Å². The number of benzene rings is 1. The van der Waals surface area contributed by atoms with Crippen LogP contribution in [0.15, 0.2) is 34.7 Å². The molecular formula is C15H15Cl2N5O. The van der Waals surface area contributed by atoms with E-state index in [0.29, 0.717) is 28.3 Å². The van der Waals surface area contributed by atoms with Gasteiger partial charge in [0.05, 0.1) is 11.6 Å². The summed E-state index contributed by atoms with van der Waals surface area (Å²) in [5.74, 6) is 2.07. The lowest BCUT2D eigenvalue weighted by Crippen LogP contribution is -2.08. The molecule has 2 heterocycles. The van der Waals surface area contributed by atoms with Crippen LogP contribution >= 0.6 is 23.2 Å². The minimum absolute atomic E-state index is 0.481.